The van der Waals surface area contributed by atoms with E-state index in [9.17, 15) is 0 Å². The zero-order chi connectivity index (χ0) is 12.1. The number of hydrogen-bond acceptors (Lipinski definition) is 2. The summed E-state index contributed by atoms with van der Waals surface area (Å²) in [6, 6.07) is 6.23. The van der Waals surface area contributed by atoms with Gasteiger partial charge in [0.2, 0.25) is 0 Å². The Kier molecular flexibility index (Phi) is 4.86. The first-order valence-corrected chi connectivity index (χ1v) is 7.14. The summed E-state index contributed by atoms with van der Waals surface area (Å²) >= 11 is 3.55. The van der Waals surface area contributed by atoms with Gasteiger partial charge in [0.1, 0.15) is 5.75 Å². The van der Waals surface area contributed by atoms with Crippen LogP contribution in [0.5, 0.6) is 5.75 Å². The highest BCUT2D eigenvalue weighted by Crippen LogP contribution is 2.27. The van der Waals surface area contributed by atoms with Gasteiger partial charge in [-0.3, -0.25) is 0 Å². The quantitative estimate of drug-likeness (QED) is 0.894. The van der Waals surface area contributed by atoms with E-state index in [2.05, 4.69) is 33.4 Å². The van der Waals surface area contributed by atoms with Crippen LogP contribution in [0, 0.1) is 5.92 Å². The minimum Gasteiger partial charge on any atom is -0.493 e. The number of benzene rings is 1. The molecule has 0 spiro atoms. The molecule has 1 aromatic carbocycles. The van der Waals surface area contributed by atoms with Gasteiger partial charge in [0.05, 0.1) is 6.61 Å². The first kappa shape index (κ1) is 12.9. The summed E-state index contributed by atoms with van der Waals surface area (Å²) in [4.78, 5) is 0. The number of rotatable bonds is 5. The smallest absolute Gasteiger partial charge is 0.119 e. The molecule has 1 N–H and O–H groups in total. The first-order valence-electron chi connectivity index (χ1n) is 6.35. The van der Waals surface area contributed by atoms with E-state index in [0.717, 1.165) is 29.3 Å². The Morgan fingerprint density at radius 2 is 2.12 bits per heavy atom. The largest absolute Gasteiger partial charge is 0.493 e. The van der Waals surface area contributed by atoms with Crippen LogP contribution in [-0.2, 0) is 6.54 Å². The van der Waals surface area contributed by atoms with Crippen LogP contribution in [0.25, 0.3) is 0 Å². The normalized spacial score (nSPS) is 16.4. The number of hydrogen-bond donors (Lipinski definition) is 1. The molecule has 1 aliphatic rings. The fraction of sp³-hybridized carbons (Fsp3) is 0.571. The Morgan fingerprint density at radius 1 is 1.35 bits per heavy atom. The molecule has 94 valence electrons. The van der Waals surface area contributed by atoms with Crippen LogP contribution >= 0.6 is 15.9 Å². The van der Waals surface area contributed by atoms with Crippen molar-refractivity contribution < 1.29 is 4.74 Å². The Morgan fingerprint density at radius 3 is 2.82 bits per heavy atom. The summed E-state index contributed by atoms with van der Waals surface area (Å²) in [5, 5.41) is 3.16. The third kappa shape index (κ3) is 3.71. The van der Waals surface area contributed by atoms with E-state index in [1.807, 2.05) is 13.1 Å². The van der Waals surface area contributed by atoms with Crippen LogP contribution in [0.1, 0.15) is 31.2 Å². The van der Waals surface area contributed by atoms with Crippen LogP contribution in [0.2, 0.25) is 0 Å². The van der Waals surface area contributed by atoms with Gasteiger partial charge < -0.3 is 10.1 Å². The zero-order valence-corrected chi connectivity index (χ0v) is 11.9. The van der Waals surface area contributed by atoms with Crippen molar-refractivity contribution in [2.45, 2.75) is 32.2 Å². The molecule has 0 unspecified atom stereocenters. The summed E-state index contributed by atoms with van der Waals surface area (Å²) in [5.74, 6) is 1.76. The minimum absolute atomic E-state index is 0.770. The molecule has 0 saturated heterocycles. The van der Waals surface area contributed by atoms with Gasteiger partial charge in [-0.15, -0.1) is 0 Å². The van der Waals surface area contributed by atoms with Gasteiger partial charge in [-0.1, -0.05) is 28.8 Å². The fourth-order valence-electron chi connectivity index (χ4n) is 2.36. The molecule has 1 aromatic rings. The van der Waals surface area contributed by atoms with Crippen molar-refractivity contribution in [1.82, 2.24) is 5.32 Å². The molecule has 2 nitrogen and oxygen atoms in total. The fourth-order valence-corrected chi connectivity index (χ4v) is 2.74. The van der Waals surface area contributed by atoms with E-state index >= 15 is 0 Å². The lowest BCUT2D eigenvalue weighted by molar-refractivity contribution is 0.252. The molecule has 2 rings (SSSR count). The monoisotopic (exact) mass is 297 g/mol. The van der Waals surface area contributed by atoms with Crippen molar-refractivity contribution in [3.05, 3.63) is 28.2 Å². The van der Waals surface area contributed by atoms with Crippen molar-refractivity contribution in [2.24, 2.45) is 5.92 Å². The van der Waals surface area contributed by atoms with Gasteiger partial charge in [-0.2, -0.15) is 0 Å². The van der Waals surface area contributed by atoms with Gasteiger partial charge in [0, 0.05) is 11.0 Å². The second-order valence-corrected chi connectivity index (χ2v) is 5.60. The third-order valence-electron chi connectivity index (χ3n) is 3.34. The lowest BCUT2D eigenvalue weighted by atomic mass is 10.1. The van der Waals surface area contributed by atoms with Crippen molar-refractivity contribution in [3.63, 3.8) is 0 Å². The third-order valence-corrected chi connectivity index (χ3v) is 4.12. The predicted molar refractivity (Wildman–Crippen MR) is 74.4 cm³/mol. The molecule has 0 radical (unpaired) electrons. The minimum atomic E-state index is 0.770. The van der Waals surface area contributed by atoms with Crippen molar-refractivity contribution in [2.75, 3.05) is 13.7 Å². The molecule has 0 atom stereocenters. The predicted octanol–water partition coefficient (Wildman–Crippen LogP) is 3.74. The van der Waals surface area contributed by atoms with E-state index < -0.39 is 0 Å². The maximum absolute atomic E-state index is 5.88. The SMILES string of the molecule is CNCc1cc(OCC2CCCC2)ccc1Br. The highest BCUT2D eigenvalue weighted by Gasteiger charge is 2.15. The maximum atomic E-state index is 5.88. The Balaban J connectivity index is 1.93. The summed E-state index contributed by atoms with van der Waals surface area (Å²) < 4.78 is 7.02. The summed E-state index contributed by atoms with van der Waals surface area (Å²) in [7, 11) is 1.96. The number of ether oxygens (including phenoxy) is 1. The molecule has 17 heavy (non-hydrogen) atoms. The molecule has 3 heteroatoms. The maximum Gasteiger partial charge on any atom is 0.119 e. The molecule has 0 bridgehead atoms. The number of nitrogens with one attached hydrogen (secondary N) is 1. The van der Waals surface area contributed by atoms with Gasteiger partial charge in [-0.25, -0.2) is 0 Å². The lowest BCUT2D eigenvalue weighted by Gasteiger charge is -2.13. The molecule has 1 fully saturated rings. The molecule has 0 heterocycles. The van der Waals surface area contributed by atoms with Crippen LogP contribution in [0.3, 0.4) is 0 Å². The van der Waals surface area contributed by atoms with Crippen LogP contribution in [0.15, 0.2) is 22.7 Å². The lowest BCUT2D eigenvalue weighted by Crippen LogP contribution is -2.09. The summed E-state index contributed by atoms with van der Waals surface area (Å²) in [6.07, 6.45) is 5.42. The molecule has 1 saturated carbocycles. The van der Waals surface area contributed by atoms with Gasteiger partial charge in [0.15, 0.2) is 0 Å². The Bertz CT molecular complexity index is 361. The van der Waals surface area contributed by atoms with Crippen LogP contribution in [0.4, 0.5) is 0 Å². The van der Waals surface area contributed by atoms with E-state index in [0.29, 0.717) is 0 Å². The topological polar surface area (TPSA) is 21.3 Å². The van der Waals surface area contributed by atoms with Crippen LogP contribution < -0.4 is 10.1 Å². The van der Waals surface area contributed by atoms with E-state index in [1.54, 1.807) is 0 Å². The molecule has 0 amide bonds. The Labute approximate surface area is 112 Å². The first-order chi connectivity index (χ1) is 8.29. The second kappa shape index (κ2) is 6.41. The van der Waals surface area contributed by atoms with Crippen LogP contribution in [-0.4, -0.2) is 13.7 Å². The van der Waals surface area contributed by atoms with Crippen molar-refractivity contribution in [3.8, 4) is 5.75 Å². The average Bonchev–Trinajstić information content (AvgIpc) is 2.83. The zero-order valence-electron chi connectivity index (χ0n) is 10.3. The highest BCUT2D eigenvalue weighted by atomic mass is 79.9. The summed E-state index contributed by atoms with van der Waals surface area (Å²) in [6.45, 7) is 1.74. The van der Waals surface area contributed by atoms with Gasteiger partial charge >= 0.3 is 0 Å². The average molecular weight is 298 g/mol. The standard InChI is InChI=1S/C14H20BrNO/c1-16-9-12-8-13(6-7-14(12)15)17-10-11-4-2-3-5-11/h6-8,11,16H,2-5,9-10H2,1H3. The Hall–Kier alpha value is -0.540. The second-order valence-electron chi connectivity index (χ2n) is 4.75. The van der Waals surface area contributed by atoms with Crippen molar-refractivity contribution in [1.29, 1.82) is 0 Å². The molecule has 0 aliphatic heterocycles. The molecular weight excluding hydrogens is 278 g/mol. The van der Waals surface area contributed by atoms with Crippen molar-refractivity contribution >= 4 is 15.9 Å². The highest BCUT2D eigenvalue weighted by molar-refractivity contribution is 9.10. The van der Waals surface area contributed by atoms with Gasteiger partial charge in [0.25, 0.3) is 0 Å². The van der Waals surface area contributed by atoms with Gasteiger partial charge in [-0.05, 0) is 49.6 Å². The van der Waals surface area contributed by atoms with E-state index in [-0.39, 0.29) is 0 Å². The van der Waals surface area contributed by atoms with E-state index in [4.69, 9.17) is 4.74 Å². The van der Waals surface area contributed by atoms with E-state index in [1.165, 1.54) is 31.2 Å². The number of halogens is 1. The molecular formula is C14H20BrNO. The molecule has 0 aromatic heterocycles. The summed E-state index contributed by atoms with van der Waals surface area (Å²) in [5.41, 5.74) is 1.25. The molecule has 1 aliphatic carbocycles.